The summed E-state index contributed by atoms with van der Waals surface area (Å²) < 4.78 is 11.0. The molecule has 0 saturated carbocycles. The van der Waals surface area contributed by atoms with Crippen molar-refractivity contribution in [1.29, 1.82) is 0 Å². The highest BCUT2D eigenvalue weighted by Crippen LogP contribution is 2.17. The highest BCUT2D eigenvalue weighted by atomic mass is 16.5. The van der Waals surface area contributed by atoms with E-state index in [0.717, 1.165) is 0 Å². The molecule has 3 N–H and O–H groups in total. The maximum Gasteiger partial charge on any atom is 0.305 e. The van der Waals surface area contributed by atoms with Crippen molar-refractivity contribution in [3.05, 3.63) is 83.8 Å². The monoisotopic (exact) mass is 380 g/mol. The van der Waals surface area contributed by atoms with E-state index >= 15 is 0 Å². The van der Waals surface area contributed by atoms with Crippen LogP contribution in [0.15, 0.2) is 71.1 Å². The Balaban J connectivity index is 1.42. The number of aromatic hydroxyl groups is 1. The second-order valence-corrected chi connectivity index (χ2v) is 6.00. The fourth-order valence-electron chi connectivity index (χ4n) is 2.47. The molecule has 0 aliphatic carbocycles. The molecule has 2 amide bonds. The molecular weight excluding hydrogens is 360 g/mol. The number of hydrazine groups is 1. The number of carbonyl (C=O) groups is 2. The summed E-state index contributed by atoms with van der Waals surface area (Å²) >= 11 is 0. The number of para-hydroxylation sites is 2. The van der Waals surface area contributed by atoms with Crippen LogP contribution in [0.25, 0.3) is 0 Å². The van der Waals surface area contributed by atoms with Crippen molar-refractivity contribution in [2.24, 2.45) is 0 Å². The van der Waals surface area contributed by atoms with Gasteiger partial charge in [-0.15, -0.1) is 0 Å². The number of benzene rings is 2. The molecule has 0 bridgehead atoms. The van der Waals surface area contributed by atoms with E-state index in [9.17, 15) is 14.7 Å². The van der Waals surface area contributed by atoms with Gasteiger partial charge in [0, 0.05) is 6.42 Å². The quantitative estimate of drug-likeness (QED) is 0.547. The lowest BCUT2D eigenvalue weighted by molar-refractivity contribution is -0.121. The fraction of sp³-hybridized carbons (Fsp3) is 0.143. The summed E-state index contributed by atoms with van der Waals surface area (Å²) in [5, 5.41) is 9.68. The van der Waals surface area contributed by atoms with E-state index < -0.39 is 5.91 Å². The predicted octanol–water partition coefficient (Wildman–Crippen LogP) is 2.96. The first-order chi connectivity index (χ1) is 13.6. The van der Waals surface area contributed by atoms with Crippen molar-refractivity contribution in [2.75, 3.05) is 0 Å². The molecule has 0 unspecified atom stereocenters. The summed E-state index contributed by atoms with van der Waals surface area (Å²) in [5.41, 5.74) is 5.29. The number of hydrogen-bond donors (Lipinski definition) is 3. The average Bonchev–Trinajstić information content (AvgIpc) is 3.20. The number of aryl methyl sites for hydroxylation is 1. The van der Waals surface area contributed by atoms with Gasteiger partial charge in [0.25, 0.3) is 0 Å². The van der Waals surface area contributed by atoms with E-state index in [1.165, 1.54) is 6.07 Å². The Morgan fingerprint density at radius 2 is 1.68 bits per heavy atom. The first kappa shape index (κ1) is 19.0. The molecular formula is C21H20N2O5. The van der Waals surface area contributed by atoms with Crippen LogP contribution in [-0.4, -0.2) is 16.9 Å². The van der Waals surface area contributed by atoms with E-state index in [-0.39, 0.29) is 30.4 Å². The van der Waals surface area contributed by atoms with Crippen molar-refractivity contribution in [1.82, 2.24) is 10.9 Å². The molecule has 1 aromatic heterocycles. The van der Waals surface area contributed by atoms with Gasteiger partial charge in [-0.3, -0.25) is 20.4 Å². The highest BCUT2D eigenvalue weighted by molar-refractivity contribution is 5.92. The van der Waals surface area contributed by atoms with E-state index in [1.807, 2.05) is 30.3 Å². The van der Waals surface area contributed by atoms with Gasteiger partial charge in [0.15, 0.2) is 5.76 Å². The normalized spacial score (nSPS) is 10.3. The lowest BCUT2D eigenvalue weighted by atomic mass is 10.1. The van der Waals surface area contributed by atoms with Gasteiger partial charge in [-0.2, -0.15) is 0 Å². The van der Waals surface area contributed by atoms with Gasteiger partial charge in [-0.05, 0) is 42.3 Å². The molecule has 0 aliphatic rings. The Labute approximate surface area is 161 Å². The molecule has 3 aromatic rings. The molecule has 0 radical (unpaired) electrons. The van der Waals surface area contributed by atoms with Crippen LogP contribution in [0.1, 0.15) is 28.3 Å². The second-order valence-electron chi connectivity index (χ2n) is 6.00. The molecule has 144 valence electrons. The van der Waals surface area contributed by atoms with Crippen molar-refractivity contribution < 1.29 is 23.8 Å². The zero-order valence-electron chi connectivity index (χ0n) is 15.1. The maximum absolute atomic E-state index is 12.1. The standard InChI is InChI=1S/C21H20N2O5/c24-18-9-5-4-6-15(18)10-13-20(25)22-23-21(26)19-12-11-17(28-19)14-27-16-7-2-1-3-8-16/h1-9,11-12,24H,10,13-14H2,(H,22,25)(H,23,26). The van der Waals surface area contributed by atoms with Gasteiger partial charge >= 0.3 is 5.91 Å². The number of furan rings is 1. The summed E-state index contributed by atoms with van der Waals surface area (Å²) in [6.45, 7) is 0.185. The molecule has 1 heterocycles. The molecule has 0 fully saturated rings. The molecule has 28 heavy (non-hydrogen) atoms. The summed E-state index contributed by atoms with van der Waals surface area (Å²) in [6, 6.07) is 19.2. The third-order valence-electron chi connectivity index (χ3n) is 3.94. The molecule has 0 spiro atoms. The van der Waals surface area contributed by atoms with Crippen molar-refractivity contribution in [2.45, 2.75) is 19.4 Å². The number of ether oxygens (including phenoxy) is 1. The van der Waals surface area contributed by atoms with Gasteiger partial charge in [0.1, 0.15) is 23.9 Å². The number of hydrogen-bond acceptors (Lipinski definition) is 5. The van der Waals surface area contributed by atoms with Crippen LogP contribution in [-0.2, 0) is 17.8 Å². The maximum atomic E-state index is 12.1. The topological polar surface area (TPSA) is 101 Å². The summed E-state index contributed by atoms with van der Waals surface area (Å²) in [4.78, 5) is 23.9. The number of phenols is 1. The number of nitrogens with one attached hydrogen (secondary N) is 2. The SMILES string of the molecule is O=C(CCc1ccccc1O)NNC(=O)c1ccc(COc2ccccc2)o1. The lowest BCUT2D eigenvalue weighted by Gasteiger charge is -2.07. The number of amides is 2. The Morgan fingerprint density at radius 1 is 0.929 bits per heavy atom. The third-order valence-corrected chi connectivity index (χ3v) is 3.94. The first-order valence-electron chi connectivity index (χ1n) is 8.74. The molecule has 7 nitrogen and oxygen atoms in total. The Morgan fingerprint density at radius 3 is 2.46 bits per heavy atom. The minimum Gasteiger partial charge on any atom is -0.508 e. The Hall–Kier alpha value is -3.74. The van der Waals surface area contributed by atoms with Crippen molar-refractivity contribution in [3.63, 3.8) is 0 Å². The summed E-state index contributed by atoms with van der Waals surface area (Å²) in [6.07, 6.45) is 0.474. The average molecular weight is 380 g/mol. The fourth-order valence-corrected chi connectivity index (χ4v) is 2.47. The van der Waals surface area contributed by atoms with Crippen molar-refractivity contribution >= 4 is 11.8 Å². The smallest absolute Gasteiger partial charge is 0.305 e. The van der Waals surface area contributed by atoms with E-state index in [4.69, 9.17) is 9.15 Å². The number of rotatable bonds is 7. The van der Waals surface area contributed by atoms with Crippen LogP contribution in [0.3, 0.4) is 0 Å². The van der Waals surface area contributed by atoms with Gasteiger partial charge in [-0.25, -0.2) is 0 Å². The second kappa shape index (κ2) is 9.27. The van der Waals surface area contributed by atoms with Crippen LogP contribution in [0.4, 0.5) is 0 Å². The van der Waals surface area contributed by atoms with Gasteiger partial charge < -0.3 is 14.3 Å². The van der Waals surface area contributed by atoms with Crippen LogP contribution in [0, 0.1) is 0 Å². The molecule has 0 atom stereocenters. The van der Waals surface area contributed by atoms with Crippen LogP contribution >= 0.6 is 0 Å². The molecule has 2 aromatic carbocycles. The minimum atomic E-state index is -0.568. The largest absolute Gasteiger partial charge is 0.508 e. The molecule has 0 aliphatic heterocycles. The van der Waals surface area contributed by atoms with Crippen molar-refractivity contribution in [3.8, 4) is 11.5 Å². The highest BCUT2D eigenvalue weighted by Gasteiger charge is 2.13. The van der Waals surface area contributed by atoms with Gasteiger partial charge in [0.2, 0.25) is 5.91 Å². The van der Waals surface area contributed by atoms with Crippen LogP contribution < -0.4 is 15.6 Å². The third kappa shape index (κ3) is 5.38. The number of carbonyl (C=O) groups excluding carboxylic acids is 2. The minimum absolute atomic E-state index is 0.0627. The van der Waals surface area contributed by atoms with E-state index in [2.05, 4.69) is 10.9 Å². The Kier molecular flexibility index (Phi) is 6.30. The predicted molar refractivity (Wildman–Crippen MR) is 102 cm³/mol. The van der Waals surface area contributed by atoms with E-state index in [0.29, 0.717) is 23.5 Å². The van der Waals surface area contributed by atoms with E-state index in [1.54, 1.807) is 30.3 Å². The summed E-state index contributed by atoms with van der Waals surface area (Å²) in [7, 11) is 0. The molecule has 3 rings (SSSR count). The van der Waals surface area contributed by atoms with Gasteiger partial charge in [0.05, 0.1) is 0 Å². The first-order valence-corrected chi connectivity index (χ1v) is 8.74. The van der Waals surface area contributed by atoms with Crippen LogP contribution in [0.5, 0.6) is 11.5 Å². The zero-order valence-corrected chi connectivity index (χ0v) is 15.1. The summed E-state index contributed by atoms with van der Waals surface area (Å²) in [5.74, 6) is 0.437. The molecule has 0 saturated heterocycles. The molecule has 7 heteroatoms. The lowest BCUT2D eigenvalue weighted by Crippen LogP contribution is -2.41. The number of phenolic OH excluding ortho intramolecular Hbond substituents is 1. The van der Waals surface area contributed by atoms with Crippen LogP contribution in [0.2, 0.25) is 0 Å². The van der Waals surface area contributed by atoms with Gasteiger partial charge in [-0.1, -0.05) is 36.4 Å². The zero-order chi connectivity index (χ0) is 19.8. The Bertz CT molecular complexity index is 937.